The third-order valence-electron chi connectivity index (χ3n) is 3.46. The average molecular weight is 283 g/mol. The Morgan fingerprint density at radius 1 is 1.14 bits per heavy atom. The number of rotatable bonds is 3. The van der Waals surface area contributed by atoms with Crippen LogP contribution in [0, 0.1) is 0 Å². The lowest BCUT2D eigenvalue weighted by Gasteiger charge is -2.26. The number of benzene rings is 2. The Kier molecular flexibility index (Phi) is 4.05. The maximum absolute atomic E-state index is 11.9. The topological polar surface area (TPSA) is 47.6 Å². The van der Waals surface area contributed by atoms with E-state index in [0.29, 0.717) is 6.61 Å². The zero-order chi connectivity index (χ0) is 14.5. The second-order valence-corrected chi connectivity index (χ2v) is 4.93. The number of hydrogen-bond acceptors (Lipinski definition) is 3. The minimum absolute atomic E-state index is 0.0572. The van der Waals surface area contributed by atoms with Crippen LogP contribution < -0.4 is 10.1 Å². The van der Waals surface area contributed by atoms with E-state index in [-0.39, 0.29) is 12.6 Å². The maximum Gasteiger partial charge on any atom is 0.407 e. The Balaban J connectivity index is 1.58. The van der Waals surface area contributed by atoms with Gasteiger partial charge in [0.1, 0.15) is 12.4 Å². The summed E-state index contributed by atoms with van der Waals surface area (Å²) in [5, 5.41) is 2.90. The lowest BCUT2D eigenvalue weighted by molar-refractivity contribution is 0.131. The summed E-state index contributed by atoms with van der Waals surface area (Å²) in [5.74, 6) is 0.831. The third kappa shape index (κ3) is 3.34. The van der Waals surface area contributed by atoms with Crippen molar-refractivity contribution in [3.8, 4) is 5.75 Å². The average Bonchev–Trinajstić information content (AvgIpc) is 2.54. The largest absolute Gasteiger partial charge is 0.493 e. The van der Waals surface area contributed by atoms with E-state index in [4.69, 9.17) is 9.47 Å². The highest BCUT2D eigenvalue weighted by molar-refractivity contribution is 5.68. The van der Waals surface area contributed by atoms with E-state index in [2.05, 4.69) is 5.32 Å². The Morgan fingerprint density at radius 3 is 2.76 bits per heavy atom. The van der Waals surface area contributed by atoms with Gasteiger partial charge in [-0.15, -0.1) is 0 Å². The molecule has 4 nitrogen and oxygen atoms in total. The zero-order valence-electron chi connectivity index (χ0n) is 11.6. The number of amides is 1. The Hall–Kier alpha value is -2.49. The van der Waals surface area contributed by atoms with Gasteiger partial charge in [-0.2, -0.15) is 0 Å². The molecule has 1 amide bonds. The minimum Gasteiger partial charge on any atom is -0.493 e. The molecule has 0 spiro atoms. The lowest BCUT2D eigenvalue weighted by Crippen LogP contribution is -2.32. The molecule has 2 aromatic rings. The fourth-order valence-corrected chi connectivity index (χ4v) is 2.40. The van der Waals surface area contributed by atoms with Crippen molar-refractivity contribution >= 4 is 6.09 Å². The Bertz CT molecular complexity index is 612. The van der Waals surface area contributed by atoms with Crippen LogP contribution in [0.15, 0.2) is 54.6 Å². The van der Waals surface area contributed by atoms with Gasteiger partial charge in [0.05, 0.1) is 12.6 Å². The minimum atomic E-state index is -0.402. The molecule has 0 unspecified atom stereocenters. The molecule has 0 bridgehead atoms. The normalized spacial score (nSPS) is 16.5. The first-order chi connectivity index (χ1) is 10.3. The molecule has 0 saturated carbocycles. The van der Waals surface area contributed by atoms with Gasteiger partial charge in [0.25, 0.3) is 0 Å². The number of carbonyl (C=O) groups is 1. The summed E-state index contributed by atoms with van der Waals surface area (Å²) in [6.07, 6.45) is 0.345. The molecule has 0 saturated heterocycles. The second-order valence-electron chi connectivity index (χ2n) is 4.93. The summed E-state index contributed by atoms with van der Waals surface area (Å²) >= 11 is 0. The predicted octanol–water partition coefficient (Wildman–Crippen LogP) is 3.44. The van der Waals surface area contributed by atoms with Crippen LogP contribution in [-0.2, 0) is 11.3 Å². The van der Waals surface area contributed by atoms with Crippen molar-refractivity contribution < 1.29 is 14.3 Å². The first kappa shape index (κ1) is 13.5. The van der Waals surface area contributed by atoms with Gasteiger partial charge in [0, 0.05) is 12.0 Å². The molecule has 1 N–H and O–H groups in total. The predicted molar refractivity (Wildman–Crippen MR) is 79.1 cm³/mol. The monoisotopic (exact) mass is 283 g/mol. The van der Waals surface area contributed by atoms with Crippen LogP contribution in [0.3, 0.4) is 0 Å². The van der Waals surface area contributed by atoms with Gasteiger partial charge in [0.2, 0.25) is 0 Å². The fraction of sp³-hybridized carbons (Fsp3) is 0.235. The maximum atomic E-state index is 11.9. The second kappa shape index (κ2) is 6.31. The fourth-order valence-electron chi connectivity index (χ4n) is 2.40. The van der Waals surface area contributed by atoms with Crippen molar-refractivity contribution in [2.24, 2.45) is 0 Å². The molecule has 0 aromatic heterocycles. The van der Waals surface area contributed by atoms with Gasteiger partial charge in [-0.1, -0.05) is 48.5 Å². The first-order valence-electron chi connectivity index (χ1n) is 7.02. The number of para-hydroxylation sites is 1. The van der Waals surface area contributed by atoms with Crippen molar-refractivity contribution in [3.05, 3.63) is 65.7 Å². The highest BCUT2D eigenvalue weighted by Crippen LogP contribution is 2.31. The van der Waals surface area contributed by atoms with Crippen LogP contribution in [-0.4, -0.2) is 12.7 Å². The molecule has 0 radical (unpaired) electrons. The molecule has 1 aliphatic rings. The molecule has 1 aliphatic heterocycles. The summed E-state index contributed by atoms with van der Waals surface area (Å²) < 4.78 is 10.8. The molecule has 0 fully saturated rings. The molecule has 1 heterocycles. The van der Waals surface area contributed by atoms with Gasteiger partial charge < -0.3 is 14.8 Å². The van der Waals surface area contributed by atoms with Gasteiger partial charge in [-0.25, -0.2) is 4.79 Å². The summed E-state index contributed by atoms with van der Waals surface area (Å²) in [4.78, 5) is 11.9. The van der Waals surface area contributed by atoms with Gasteiger partial charge in [0.15, 0.2) is 0 Å². The number of fused-ring (bicyclic) bond motifs is 1. The van der Waals surface area contributed by atoms with Crippen LogP contribution >= 0.6 is 0 Å². The van der Waals surface area contributed by atoms with Crippen molar-refractivity contribution in [1.82, 2.24) is 5.32 Å². The Labute approximate surface area is 123 Å². The van der Waals surface area contributed by atoms with E-state index in [1.54, 1.807) is 0 Å². The van der Waals surface area contributed by atoms with Crippen LogP contribution in [0.4, 0.5) is 4.79 Å². The van der Waals surface area contributed by atoms with Crippen LogP contribution in [0.1, 0.15) is 23.6 Å². The van der Waals surface area contributed by atoms with E-state index < -0.39 is 6.09 Å². The number of ether oxygens (including phenoxy) is 2. The van der Waals surface area contributed by atoms with Crippen LogP contribution in [0.5, 0.6) is 5.75 Å². The zero-order valence-corrected chi connectivity index (χ0v) is 11.6. The highest BCUT2D eigenvalue weighted by Gasteiger charge is 2.22. The smallest absolute Gasteiger partial charge is 0.407 e. The summed E-state index contributed by atoms with van der Waals surface area (Å²) in [6, 6.07) is 17.3. The lowest BCUT2D eigenvalue weighted by atomic mass is 10.0. The van der Waals surface area contributed by atoms with Gasteiger partial charge in [-0.05, 0) is 11.6 Å². The van der Waals surface area contributed by atoms with Crippen molar-refractivity contribution in [3.63, 3.8) is 0 Å². The molecule has 2 aromatic carbocycles. The standard InChI is InChI=1S/C17H17NO3/c19-17(21-12-13-6-2-1-3-7-13)18-15-10-11-20-16-9-5-4-8-14(15)16/h1-9,15H,10-12H2,(H,18,19)/t15-/m0/s1. The number of alkyl carbamates (subject to hydrolysis) is 1. The molecular weight excluding hydrogens is 266 g/mol. The van der Waals surface area contributed by atoms with E-state index in [0.717, 1.165) is 23.3 Å². The van der Waals surface area contributed by atoms with Gasteiger partial charge in [-0.3, -0.25) is 0 Å². The molecule has 108 valence electrons. The Morgan fingerprint density at radius 2 is 1.90 bits per heavy atom. The molecular formula is C17H17NO3. The molecule has 3 rings (SSSR count). The van der Waals surface area contributed by atoms with Crippen molar-refractivity contribution in [2.75, 3.05) is 6.61 Å². The SMILES string of the molecule is O=C(N[C@H]1CCOc2ccccc21)OCc1ccccc1. The van der Waals surface area contributed by atoms with Crippen molar-refractivity contribution in [1.29, 1.82) is 0 Å². The highest BCUT2D eigenvalue weighted by atomic mass is 16.5. The molecule has 21 heavy (non-hydrogen) atoms. The number of nitrogens with one attached hydrogen (secondary N) is 1. The van der Waals surface area contributed by atoms with Gasteiger partial charge >= 0.3 is 6.09 Å². The number of hydrogen-bond donors (Lipinski definition) is 1. The first-order valence-corrected chi connectivity index (χ1v) is 7.02. The van der Waals surface area contributed by atoms with E-state index >= 15 is 0 Å². The van der Waals surface area contributed by atoms with E-state index in [1.165, 1.54) is 0 Å². The van der Waals surface area contributed by atoms with Crippen molar-refractivity contribution in [2.45, 2.75) is 19.1 Å². The molecule has 1 atom stereocenters. The quantitative estimate of drug-likeness (QED) is 0.938. The van der Waals surface area contributed by atoms with Crippen LogP contribution in [0.25, 0.3) is 0 Å². The van der Waals surface area contributed by atoms with Crippen LogP contribution in [0.2, 0.25) is 0 Å². The summed E-state index contributed by atoms with van der Waals surface area (Å²) in [6.45, 7) is 0.873. The summed E-state index contributed by atoms with van der Waals surface area (Å²) in [7, 11) is 0. The number of carbonyl (C=O) groups excluding carboxylic acids is 1. The van der Waals surface area contributed by atoms with E-state index in [9.17, 15) is 4.79 Å². The molecule has 4 heteroatoms. The third-order valence-corrected chi connectivity index (χ3v) is 3.46. The molecule has 0 aliphatic carbocycles. The van der Waals surface area contributed by atoms with E-state index in [1.807, 2.05) is 54.6 Å². The summed E-state index contributed by atoms with van der Waals surface area (Å²) in [5.41, 5.74) is 1.97.